The first-order valence-corrected chi connectivity index (χ1v) is 15.8. The van der Waals surface area contributed by atoms with E-state index < -0.39 is 53.7 Å². The van der Waals surface area contributed by atoms with Crippen molar-refractivity contribution in [3.05, 3.63) is 70.3 Å². The van der Waals surface area contributed by atoms with Gasteiger partial charge in [0.1, 0.15) is 12.2 Å². The lowest BCUT2D eigenvalue weighted by Gasteiger charge is -2.33. The van der Waals surface area contributed by atoms with Gasteiger partial charge < -0.3 is 24.6 Å². The number of hydrogen-bond acceptors (Lipinski definition) is 9. The zero-order valence-corrected chi connectivity index (χ0v) is 24.3. The second-order valence-electron chi connectivity index (χ2n) is 9.93. The summed E-state index contributed by atoms with van der Waals surface area (Å²) >= 11 is 0. The Bertz CT molecular complexity index is 1310. The molecule has 0 radical (unpaired) electrons. The van der Waals surface area contributed by atoms with Gasteiger partial charge in [-0.15, -0.1) is 0 Å². The Hall–Kier alpha value is -2.91. The van der Waals surface area contributed by atoms with Gasteiger partial charge in [-0.25, -0.2) is 17.8 Å². The molecule has 16 heteroatoms. The lowest BCUT2D eigenvalue weighted by molar-refractivity contribution is -0.384. The van der Waals surface area contributed by atoms with E-state index in [4.69, 9.17) is 14.0 Å². The number of phosphoric ester groups is 1. The molecule has 1 aliphatic heterocycles. The third-order valence-corrected chi connectivity index (χ3v) is 8.51. The minimum atomic E-state index is -5.19. The molecule has 3 rings (SSSR count). The van der Waals surface area contributed by atoms with E-state index in [9.17, 15) is 37.7 Å². The molecular formula is C25H34N3O11PS. The molecule has 1 fully saturated rings. The van der Waals surface area contributed by atoms with Crippen molar-refractivity contribution >= 4 is 29.6 Å². The van der Waals surface area contributed by atoms with E-state index in [2.05, 4.69) is 5.32 Å². The normalized spacial score (nSPS) is 17.4. The van der Waals surface area contributed by atoms with E-state index in [1.165, 1.54) is 0 Å². The SMILES string of the molecule is CC(C)CN(C[C@H](OP(=O)(O)O)[C@@H](Cc1ccccc1)NC(=O)O[C@H]1CCOC1)S(=O)(=O)c1ccc([N+](=O)[O-])cc1. The number of carbonyl (C=O) groups excluding carboxylic acids is 1. The van der Waals surface area contributed by atoms with Crippen molar-refractivity contribution in [3.63, 3.8) is 0 Å². The third kappa shape index (κ3) is 10.1. The zero-order chi connectivity index (χ0) is 30.2. The molecule has 41 heavy (non-hydrogen) atoms. The number of hydrogen-bond donors (Lipinski definition) is 3. The molecule has 1 amide bonds. The number of benzene rings is 2. The topological polar surface area (TPSA) is 195 Å². The number of nitro groups is 1. The molecule has 3 N–H and O–H groups in total. The molecule has 2 aromatic rings. The number of nitrogens with one attached hydrogen (secondary N) is 1. The number of alkyl carbamates (subject to hydrolysis) is 1. The maximum atomic E-state index is 13.7. The molecule has 0 bridgehead atoms. The summed E-state index contributed by atoms with van der Waals surface area (Å²) < 4.78 is 56.1. The van der Waals surface area contributed by atoms with Crippen molar-refractivity contribution in [2.24, 2.45) is 5.92 Å². The summed E-state index contributed by atoms with van der Waals surface area (Å²) in [5, 5.41) is 13.6. The van der Waals surface area contributed by atoms with Gasteiger partial charge in [-0.3, -0.25) is 14.6 Å². The number of ether oxygens (including phenoxy) is 2. The number of amides is 1. The first kappa shape index (κ1) is 32.6. The number of carbonyl (C=O) groups is 1. The van der Waals surface area contributed by atoms with Gasteiger partial charge in [0.2, 0.25) is 10.0 Å². The molecule has 14 nitrogen and oxygen atoms in total. The lowest BCUT2D eigenvalue weighted by atomic mass is 10.0. The number of nitrogens with zero attached hydrogens (tertiary/aromatic N) is 2. The van der Waals surface area contributed by atoms with E-state index in [1.807, 2.05) is 0 Å². The van der Waals surface area contributed by atoms with Crippen molar-refractivity contribution in [2.75, 3.05) is 26.3 Å². The summed E-state index contributed by atoms with van der Waals surface area (Å²) in [6.07, 6.45) is -2.41. The molecule has 1 heterocycles. The van der Waals surface area contributed by atoms with Crippen LogP contribution in [0.2, 0.25) is 0 Å². The summed E-state index contributed by atoms with van der Waals surface area (Å²) in [7, 11) is -9.52. The minimum Gasteiger partial charge on any atom is -0.444 e. The van der Waals surface area contributed by atoms with Gasteiger partial charge in [-0.1, -0.05) is 44.2 Å². The van der Waals surface area contributed by atoms with Crippen LogP contribution >= 0.6 is 7.82 Å². The van der Waals surface area contributed by atoms with Crippen molar-refractivity contribution in [3.8, 4) is 0 Å². The van der Waals surface area contributed by atoms with Crippen LogP contribution in [0.25, 0.3) is 0 Å². The largest absolute Gasteiger partial charge is 0.469 e. The number of phosphoric acid groups is 1. The highest BCUT2D eigenvalue weighted by atomic mass is 32.2. The molecule has 0 unspecified atom stereocenters. The number of sulfonamides is 1. The molecule has 0 aromatic heterocycles. The van der Waals surface area contributed by atoms with Gasteiger partial charge in [0, 0.05) is 31.6 Å². The fourth-order valence-corrected chi connectivity index (χ4v) is 6.45. The third-order valence-electron chi connectivity index (χ3n) is 6.12. The molecule has 1 saturated heterocycles. The number of non-ortho nitro benzene ring substituents is 1. The molecule has 1 aliphatic rings. The van der Waals surface area contributed by atoms with Gasteiger partial charge in [-0.05, 0) is 30.0 Å². The summed E-state index contributed by atoms with van der Waals surface area (Å²) in [6, 6.07) is 11.8. The summed E-state index contributed by atoms with van der Waals surface area (Å²) in [6.45, 7) is 3.47. The monoisotopic (exact) mass is 615 g/mol. The zero-order valence-electron chi connectivity index (χ0n) is 22.6. The fourth-order valence-electron chi connectivity index (χ4n) is 4.26. The number of rotatable bonds is 14. The van der Waals surface area contributed by atoms with E-state index in [0.29, 0.717) is 18.6 Å². The summed E-state index contributed by atoms with van der Waals surface area (Å²) in [4.78, 5) is 42.5. The molecule has 0 saturated carbocycles. The Balaban J connectivity index is 1.97. The van der Waals surface area contributed by atoms with Crippen LogP contribution in [0.15, 0.2) is 59.5 Å². The first-order valence-electron chi connectivity index (χ1n) is 12.8. The van der Waals surface area contributed by atoms with Crippen molar-refractivity contribution in [1.29, 1.82) is 0 Å². The molecule has 226 valence electrons. The van der Waals surface area contributed by atoms with Gasteiger partial charge in [-0.2, -0.15) is 4.31 Å². The first-order chi connectivity index (χ1) is 19.2. The van der Waals surface area contributed by atoms with Crippen molar-refractivity contribution in [2.45, 2.75) is 49.8 Å². The van der Waals surface area contributed by atoms with E-state index in [1.54, 1.807) is 44.2 Å². The second-order valence-corrected chi connectivity index (χ2v) is 13.1. The Kier molecular flexibility index (Phi) is 11.4. The Morgan fingerprint density at radius 3 is 2.37 bits per heavy atom. The average molecular weight is 616 g/mol. The molecule has 2 aromatic carbocycles. The van der Waals surface area contributed by atoms with Crippen molar-refractivity contribution < 1.29 is 46.5 Å². The van der Waals surface area contributed by atoms with Gasteiger partial charge in [0.05, 0.1) is 29.1 Å². The van der Waals surface area contributed by atoms with Crippen LogP contribution < -0.4 is 5.32 Å². The smallest absolute Gasteiger partial charge is 0.444 e. The Morgan fingerprint density at radius 1 is 1.17 bits per heavy atom. The Morgan fingerprint density at radius 2 is 1.83 bits per heavy atom. The standard InChI is InChI=1S/C25H34N3O11PS/c1-18(2)15-27(41(35,36)22-10-8-20(9-11-22)28(30)31)16-24(39-40(32,33)34)23(14-19-6-4-3-5-7-19)26-25(29)38-21-12-13-37-17-21/h3-11,18,21,23-24H,12-17H2,1-2H3,(H,26,29)(H2,32,33,34)/t21-,23+,24-/m0/s1. The fraction of sp³-hybridized carbons (Fsp3) is 0.480. The molecule has 0 spiro atoms. The summed E-state index contributed by atoms with van der Waals surface area (Å²) in [5.74, 6) is -0.230. The van der Waals surface area contributed by atoms with Crippen LogP contribution in [-0.4, -0.2) is 78.1 Å². The van der Waals surface area contributed by atoms with E-state index >= 15 is 0 Å². The minimum absolute atomic E-state index is 0.0227. The molecule has 0 aliphatic carbocycles. The van der Waals surface area contributed by atoms with Crippen LogP contribution in [0.3, 0.4) is 0 Å². The highest BCUT2D eigenvalue weighted by Crippen LogP contribution is 2.39. The van der Waals surface area contributed by atoms with E-state index in [-0.39, 0.29) is 36.1 Å². The maximum Gasteiger partial charge on any atom is 0.469 e. The predicted molar refractivity (Wildman–Crippen MR) is 146 cm³/mol. The molecular weight excluding hydrogens is 581 g/mol. The highest BCUT2D eigenvalue weighted by Gasteiger charge is 2.37. The van der Waals surface area contributed by atoms with Gasteiger partial charge in [0.15, 0.2) is 0 Å². The summed E-state index contributed by atoms with van der Waals surface area (Å²) in [5.41, 5.74) is 0.371. The highest BCUT2D eigenvalue weighted by molar-refractivity contribution is 7.89. The van der Waals surface area contributed by atoms with Crippen LogP contribution in [0, 0.1) is 16.0 Å². The van der Waals surface area contributed by atoms with Gasteiger partial charge >= 0.3 is 13.9 Å². The van der Waals surface area contributed by atoms with Crippen molar-refractivity contribution in [1.82, 2.24) is 9.62 Å². The van der Waals surface area contributed by atoms with E-state index in [0.717, 1.165) is 28.6 Å². The number of nitro benzene ring substituents is 1. The Labute approximate surface area is 238 Å². The van der Waals surface area contributed by atoms with Crippen LogP contribution in [0.1, 0.15) is 25.8 Å². The quantitative estimate of drug-likeness (QED) is 0.161. The predicted octanol–water partition coefficient (Wildman–Crippen LogP) is 2.85. The second kappa shape index (κ2) is 14.3. The van der Waals surface area contributed by atoms with Crippen LogP contribution in [0.5, 0.6) is 0 Å². The molecule has 3 atom stereocenters. The van der Waals surface area contributed by atoms with Crippen LogP contribution in [-0.2, 0) is 35.0 Å². The lowest BCUT2D eigenvalue weighted by Crippen LogP contribution is -2.52. The van der Waals surface area contributed by atoms with Gasteiger partial charge in [0.25, 0.3) is 5.69 Å². The van der Waals surface area contributed by atoms with Crippen LogP contribution in [0.4, 0.5) is 10.5 Å². The maximum absolute atomic E-state index is 13.7. The average Bonchev–Trinajstić information content (AvgIpc) is 3.40.